The predicted molar refractivity (Wildman–Crippen MR) is 60.8 cm³/mol. The molecule has 0 bridgehead atoms. The number of halogens is 2. The SMILES string of the molecule is COCCONC(C)c1ccc(Cl)c(F)c1. The minimum absolute atomic E-state index is 0.108. The van der Waals surface area contributed by atoms with Crippen molar-refractivity contribution in [2.45, 2.75) is 13.0 Å². The monoisotopic (exact) mass is 247 g/mol. The lowest BCUT2D eigenvalue weighted by Crippen LogP contribution is -2.21. The third kappa shape index (κ3) is 4.06. The van der Waals surface area contributed by atoms with Gasteiger partial charge in [-0.25, -0.2) is 4.39 Å². The molecule has 1 aromatic carbocycles. The average Bonchev–Trinajstić information content (AvgIpc) is 2.28. The van der Waals surface area contributed by atoms with Crippen LogP contribution in [0.15, 0.2) is 18.2 Å². The van der Waals surface area contributed by atoms with Gasteiger partial charge in [-0.2, -0.15) is 5.48 Å². The molecule has 0 heterocycles. The van der Waals surface area contributed by atoms with Crippen LogP contribution < -0.4 is 5.48 Å². The molecule has 16 heavy (non-hydrogen) atoms. The number of methoxy groups -OCH3 is 1. The predicted octanol–water partition coefficient (Wildman–Crippen LogP) is 2.71. The van der Waals surface area contributed by atoms with E-state index in [0.29, 0.717) is 13.2 Å². The minimum Gasteiger partial charge on any atom is -0.382 e. The van der Waals surface area contributed by atoms with Gasteiger partial charge >= 0.3 is 0 Å². The molecule has 0 aliphatic carbocycles. The molecular weight excluding hydrogens is 233 g/mol. The number of hydrogen-bond donors (Lipinski definition) is 1. The molecular formula is C11H15ClFNO2. The molecule has 0 saturated heterocycles. The summed E-state index contributed by atoms with van der Waals surface area (Å²) >= 11 is 5.59. The Labute approximate surface area is 99.5 Å². The second kappa shape index (κ2) is 6.81. The van der Waals surface area contributed by atoms with Crippen molar-refractivity contribution in [2.75, 3.05) is 20.3 Å². The van der Waals surface area contributed by atoms with Crippen LogP contribution in [0.3, 0.4) is 0 Å². The van der Waals surface area contributed by atoms with E-state index in [-0.39, 0.29) is 11.1 Å². The van der Waals surface area contributed by atoms with Crippen LogP contribution in [-0.4, -0.2) is 20.3 Å². The number of nitrogens with one attached hydrogen (secondary N) is 1. The summed E-state index contributed by atoms with van der Waals surface area (Å²) in [4.78, 5) is 5.13. The lowest BCUT2D eigenvalue weighted by atomic mass is 10.1. The molecule has 0 aliphatic heterocycles. The summed E-state index contributed by atoms with van der Waals surface area (Å²) in [6.07, 6.45) is 0. The van der Waals surface area contributed by atoms with Gasteiger partial charge in [0.05, 0.1) is 24.3 Å². The zero-order valence-corrected chi connectivity index (χ0v) is 10.1. The standard InChI is InChI=1S/C11H15ClFNO2/c1-8(14-16-6-5-15-2)9-3-4-10(12)11(13)7-9/h3-4,7-8,14H,5-6H2,1-2H3. The summed E-state index contributed by atoms with van der Waals surface area (Å²) in [5.74, 6) is -0.426. The van der Waals surface area contributed by atoms with Crippen LogP contribution in [0.5, 0.6) is 0 Å². The van der Waals surface area contributed by atoms with Crippen molar-refractivity contribution in [3.8, 4) is 0 Å². The van der Waals surface area contributed by atoms with Crippen LogP contribution in [-0.2, 0) is 9.57 Å². The maximum atomic E-state index is 13.2. The first-order chi connectivity index (χ1) is 7.65. The van der Waals surface area contributed by atoms with E-state index in [1.807, 2.05) is 6.92 Å². The van der Waals surface area contributed by atoms with E-state index in [9.17, 15) is 4.39 Å². The topological polar surface area (TPSA) is 30.5 Å². The molecule has 0 aromatic heterocycles. The zero-order valence-electron chi connectivity index (χ0n) is 9.30. The minimum atomic E-state index is -0.426. The van der Waals surface area contributed by atoms with Gasteiger partial charge in [-0.3, -0.25) is 4.84 Å². The summed E-state index contributed by atoms with van der Waals surface area (Å²) in [6, 6.07) is 4.56. The van der Waals surface area contributed by atoms with Gasteiger partial charge in [-0.05, 0) is 24.6 Å². The molecule has 1 rings (SSSR count). The second-order valence-corrected chi connectivity index (χ2v) is 3.76. The average molecular weight is 248 g/mol. The Bertz CT molecular complexity index is 336. The molecule has 0 saturated carbocycles. The van der Waals surface area contributed by atoms with E-state index in [1.165, 1.54) is 12.1 Å². The highest BCUT2D eigenvalue weighted by molar-refractivity contribution is 6.30. The number of hydroxylamine groups is 1. The van der Waals surface area contributed by atoms with Crippen molar-refractivity contribution >= 4 is 11.6 Å². The lowest BCUT2D eigenvalue weighted by Gasteiger charge is -2.14. The highest BCUT2D eigenvalue weighted by Crippen LogP contribution is 2.19. The molecule has 0 spiro atoms. The van der Waals surface area contributed by atoms with Gasteiger partial charge < -0.3 is 4.74 Å². The molecule has 0 radical (unpaired) electrons. The molecule has 0 fully saturated rings. The summed E-state index contributed by atoms with van der Waals surface area (Å²) in [5.41, 5.74) is 3.57. The first kappa shape index (κ1) is 13.4. The molecule has 1 unspecified atom stereocenters. The second-order valence-electron chi connectivity index (χ2n) is 3.35. The Kier molecular flexibility index (Phi) is 5.69. The fourth-order valence-corrected chi connectivity index (χ4v) is 1.28. The van der Waals surface area contributed by atoms with Gasteiger partial charge in [0.15, 0.2) is 0 Å². The van der Waals surface area contributed by atoms with Gasteiger partial charge in [0.25, 0.3) is 0 Å². The van der Waals surface area contributed by atoms with Gasteiger partial charge in [-0.15, -0.1) is 0 Å². The maximum Gasteiger partial charge on any atom is 0.142 e. The summed E-state index contributed by atoms with van der Waals surface area (Å²) in [5, 5.41) is 0.122. The van der Waals surface area contributed by atoms with Crippen molar-refractivity contribution in [2.24, 2.45) is 0 Å². The normalized spacial score (nSPS) is 12.8. The fourth-order valence-electron chi connectivity index (χ4n) is 1.16. The van der Waals surface area contributed by atoms with Gasteiger partial charge in [-0.1, -0.05) is 17.7 Å². The number of ether oxygens (including phenoxy) is 1. The molecule has 1 aromatic rings. The highest BCUT2D eigenvalue weighted by atomic mass is 35.5. The van der Waals surface area contributed by atoms with Crippen molar-refractivity contribution in [1.82, 2.24) is 5.48 Å². The third-order valence-corrected chi connectivity index (χ3v) is 2.40. The van der Waals surface area contributed by atoms with Gasteiger partial charge in [0.2, 0.25) is 0 Å². The molecule has 3 nitrogen and oxygen atoms in total. The zero-order chi connectivity index (χ0) is 12.0. The van der Waals surface area contributed by atoms with Gasteiger partial charge in [0.1, 0.15) is 5.82 Å². The Morgan fingerprint density at radius 3 is 2.81 bits per heavy atom. The lowest BCUT2D eigenvalue weighted by molar-refractivity contribution is -0.00928. The quantitative estimate of drug-likeness (QED) is 0.619. The number of rotatable bonds is 6. The largest absolute Gasteiger partial charge is 0.382 e. The first-order valence-electron chi connectivity index (χ1n) is 4.96. The molecule has 0 aliphatic rings. The van der Waals surface area contributed by atoms with Crippen LogP contribution in [0.4, 0.5) is 4.39 Å². The Morgan fingerprint density at radius 2 is 2.19 bits per heavy atom. The molecule has 1 N–H and O–H groups in total. The van der Waals surface area contributed by atoms with E-state index < -0.39 is 5.82 Å². The van der Waals surface area contributed by atoms with Gasteiger partial charge in [0, 0.05) is 7.11 Å². The number of hydrogen-bond acceptors (Lipinski definition) is 3. The van der Waals surface area contributed by atoms with Crippen LogP contribution in [0.25, 0.3) is 0 Å². The van der Waals surface area contributed by atoms with Crippen LogP contribution in [0, 0.1) is 5.82 Å². The van der Waals surface area contributed by atoms with E-state index >= 15 is 0 Å². The van der Waals surface area contributed by atoms with E-state index in [0.717, 1.165) is 5.56 Å². The Hall–Kier alpha value is -0.680. The fraction of sp³-hybridized carbons (Fsp3) is 0.455. The van der Waals surface area contributed by atoms with Crippen molar-refractivity contribution in [1.29, 1.82) is 0 Å². The highest BCUT2D eigenvalue weighted by Gasteiger charge is 2.07. The third-order valence-electron chi connectivity index (χ3n) is 2.09. The molecule has 0 amide bonds. The smallest absolute Gasteiger partial charge is 0.142 e. The van der Waals surface area contributed by atoms with Crippen LogP contribution in [0.2, 0.25) is 5.02 Å². The molecule has 1 atom stereocenters. The van der Waals surface area contributed by atoms with Crippen LogP contribution >= 0.6 is 11.6 Å². The van der Waals surface area contributed by atoms with E-state index in [2.05, 4.69) is 5.48 Å². The summed E-state index contributed by atoms with van der Waals surface area (Å²) < 4.78 is 18.0. The van der Waals surface area contributed by atoms with Crippen LogP contribution in [0.1, 0.15) is 18.5 Å². The van der Waals surface area contributed by atoms with Crippen molar-refractivity contribution in [3.05, 3.63) is 34.6 Å². The number of benzene rings is 1. The van der Waals surface area contributed by atoms with E-state index in [4.69, 9.17) is 21.2 Å². The molecule has 90 valence electrons. The Balaban J connectivity index is 2.46. The van der Waals surface area contributed by atoms with Crippen molar-refractivity contribution < 1.29 is 14.0 Å². The molecule has 5 heteroatoms. The first-order valence-corrected chi connectivity index (χ1v) is 5.34. The summed E-state index contributed by atoms with van der Waals surface area (Å²) in [7, 11) is 1.60. The summed E-state index contributed by atoms with van der Waals surface area (Å²) in [6.45, 7) is 2.82. The maximum absolute atomic E-state index is 13.2. The van der Waals surface area contributed by atoms with Crippen molar-refractivity contribution in [3.63, 3.8) is 0 Å². The van der Waals surface area contributed by atoms with E-state index in [1.54, 1.807) is 13.2 Å². The Morgan fingerprint density at radius 1 is 1.44 bits per heavy atom.